The first kappa shape index (κ1) is 26.2. The molecule has 0 unspecified atom stereocenters. The van der Waals surface area contributed by atoms with Gasteiger partial charge in [-0.05, 0) is 50.2 Å². The van der Waals surface area contributed by atoms with Gasteiger partial charge in [0.05, 0.1) is 40.4 Å². The van der Waals surface area contributed by atoms with Crippen molar-refractivity contribution in [3.05, 3.63) is 82.9 Å². The van der Waals surface area contributed by atoms with Crippen LogP contribution in [0.25, 0.3) is 0 Å². The third-order valence-electron chi connectivity index (χ3n) is 5.10. The van der Waals surface area contributed by atoms with Crippen molar-refractivity contribution in [3.8, 4) is 0 Å². The van der Waals surface area contributed by atoms with E-state index in [1.807, 2.05) is 13.8 Å². The summed E-state index contributed by atoms with van der Waals surface area (Å²) in [7, 11) is -5.53. The van der Waals surface area contributed by atoms with Crippen LogP contribution in [0.5, 0.6) is 0 Å². The minimum absolute atomic E-state index is 0.00337. The molecule has 0 amide bonds. The zero-order valence-corrected chi connectivity index (χ0v) is 21.3. The van der Waals surface area contributed by atoms with E-state index in [0.29, 0.717) is 5.56 Å². The molecule has 0 aliphatic rings. The standard InChI is InChI=1S/C24H26N2O7S2/c1-16-5-9-19(10-6-16)34(28,29)25-22-14-21(24(27)33-4)23(13-18(22)15-32-3)26-35(30,31)20-11-7-17(2)8-12-20/h5-14,25-26H,15H2,1-4H3. The lowest BCUT2D eigenvalue weighted by Gasteiger charge is -2.18. The number of esters is 1. The van der Waals surface area contributed by atoms with Gasteiger partial charge in [0, 0.05) is 12.7 Å². The van der Waals surface area contributed by atoms with Gasteiger partial charge in [0.1, 0.15) is 0 Å². The van der Waals surface area contributed by atoms with Gasteiger partial charge in [-0.25, -0.2) is 21.6 Å². The maximum absolute atomic E-state index is 13.0. The molecule has 0 aromatic heterocycles. The minimum atomic E-state index is -4.06. The molecule has 9 nitrogen and oxygen atoms in total. The first-order valence-corrected chi connectivity index (χ1v) is 13.4. The first-order chi connectivity index (χ1) is 16.5. The van der Waals surface area contributed by atoms with Crippen LogP contribution in [0.3, 0.4) is 0 Å². The van der Waals surface area contributed by atoms with Gasteiger partial charge in [0.2, 0.25) is 0 Å². The third-order valence-corrected chi connectivity index (χ3v) is 7.86. The van der Waals surface area contributed by atoms with Gasteiger partial charge in [-0.1, -0.05) is 35.4 Å². The molecular formula is C24H26N2O7S2. The molecule has 0 saturated heterocycles. The zero-order valence-electron chi connectivity index (χ0n) is 19.7. The summed E-state index contributed by atoms with van der Waals surface area (Å²) < 4.78 is 66.7. The molecule has 35 heavy (non-hydrogen) atoms. The maximum Gasteiger partial charge on any atom is 0.340 e. The van der Waals surface area contributed by atoms with Crippen LogP contribution in [0.4, 0.5) is 11.4 Å². The van der Waals surface area contributed by atoms with E-state index in [4.69, 9.17) is 9.47 Å². The Hall–Kier alpha value is -3.41. The number of carbonyl (C=O) groups excluding carboxylic acids is 1. The Bertz CT molecular complexity index is 1430. The van der Waals surface area contributed by atoms with Gasteiger partial charge in [-0.3, -0.25) is 9.44 Å². The van der Waals surface area contributed by atoms with Crippen LogP contribution < -0.4 is 9.44 Å². The van der Waals surface area contributed by atoms with Crippen molar-refractivity contribution in [2.75, 3.05) is 23.7 Å². The minimum Gasteiger partial charge on any atom is -0.465 e. The molecule has 0 saturated carbocycles. The quantitative estimate of drug-likeness (QED) is 0.412. The first-order valence-electron chi connectivity index (χ1n) is 10.4. The van der Waals surface area contributed by atoms with Crippen molar-refractivity contribution >= 4 is 37.4 Å². The number of ether oxygens (including phenoxy) is 2. The summed E-state index contributed by atoms with van der Waals surface area (Å²) in [6.45, 7) is 3.60. The number of aryl methyl sites for hydroxylation is 2. The Labute approximate surface area is 205 Å². The monoisotopic (exact) mass is 518 g/mol. The predicted octanol–water partition coefficient (Wildman–Crippen LogP) is 3.84. The molecule has 3 aromatic carbocycles. The number of benzene rings is 3. The summed E-state index contributed by atoms with van der Waals surface area (Å²) >= 11 is 0. The van der Waals surface area contributed by atoms with Gasteiger partial charge >= 0.3 is 5.97 Å². The lowest BCUT2D eigenvalue weighted by atomic mass is 10.1. The molecule has 3 aromatic rings. The number of carbonyl (C=O) groups is 1. The Kier molecular flexibility index (Phi) is 7.83. The number of nitrogens with one attached hydrogen (secondary N) is 2. The Morgan fingerprint density at radius 1 is 0.743 bits per heavy atom. The molecule has 0 aliphatic carbocycles. The predicted molar refractivity (Wildman–Crippen MR) is 132 cm³/mol. The fourth-order valence-corrected chi connectivity index (χ4v) is 5.38. The summed E-state index contributed by atoms with van der Waals surface area (Å²) in [6.07, 6.45) is 0. The van der Waals surface area contributed by atoms with Crippen molar-refractivity contribution < 1.29 is 31.1 Å². The Morgan fingerprint density at radius 3 is 1.63 bits per heavy atom. The molecule has 0 spiro atoms. The van der Waals surface area contributed by atoms with E-state index >= 15 is 0 Å². The summed E-state index contributed by atoms with van der Waals surface area (Å²) in [5.74, 6) is -0.855. The van der Waals surface area contributed by atoms with Crippen LogP contribution in [0.2, 0.25) is 0 Å². The highest BCUT2D eigenvalue weighted by molar-refractivity contribution is 7.93. The van der Waals surface area contributed by atoms with E-state index in [1.165, 1.54) is 43.5 Å². The van der Waals surface area contributed by atoms with E-state index in [-0.39, 0.29) is 33.3 Å². The van der Waals surface area contributed by atoms with Crippen molar-refractivity contribution in [2.24, 2.45) is 0 Å². The Balaban J connectivity index is 2.09. The zero-order chi connectivity index (χ0) is 25.8. The highest BCUT2D eigenvalue weighted by Crippen LogP contribution is 2.30. The molecule has 0 radical (unpaired) electrons. The summed E-state index contributed by atoms with van der Waals surface area (Å²) in [4.78, 5) is 12.6. The number of sulfonamides is 2. The molecule has 2 N–H and O–H groups in total. The van der Waals surface area contributed by atoms with E-state index in [1.54, 1.807) is 24.3 Å². The van der Waals surface area contributed by atoms with Crippen LogP contribution in [0.15, 0.2) is 70.5 Å². The lowest BCUT2D eigenvalue weighted by Crippen LogP contribution is -2.19. The van der Waals surface area contributed by atoms with Crippen LogP contribution in [0, 0.1) is 13.8 Å². The molecule has 186 valence electrons. The largest absolute Gasteiger partial charge is 0.465 e. The number of methoxy groups -OCH3 is 2. The molecule has 3 rings (SSSR count). The summed E-state index contributed by atoms with van der Waals surface area (Å²) in [5, 5.41) is 0. The van der Waals surface area contributed by atoms with Crippen molar-refractivity contribution in [3.63, 3.8) is 0 Å². The maximum atomic E-state index is 13.0. The number of rotatable bonds is 9. The van der Waals surface area contributed by atoms with Crippen molar-refractivity contribution in [1.82, 2.24) is 0 Å². The van der Waals surface area contributed by atoms with Gasteiger partial charge in [0.15, 0.2) is 0 Å². The van der Waals surface area contributed by atoms with Crippen molar-refractivity contribution in [1.29, 1.82) is 0 Å². The normalized spacial score (nSPS) is 11.7. The second-order valence-corrected chi connectivity index (χ2v) is 11.2. The highest BCUT2D eigenvalue weighted by atomic mass is 32.2. The van der Waals surface area contributed by atoms with Crippen LogP contribution in [-0.4, -0.2) is 37.0 Å². The van der Waals surface area contributed by atoms with Gasteiger partial charge in [-0.15, -0.1) is 0 Å². The highest BCUT2D eigenvalue weighted by Gasteiger charge is 2.24. The third kappa shape index (κ3) is 6.18. The fraction of sp³-hybridized carbons (Fsp3) is 0.208. The van der Waals surface area contributed by atoms with Crippen LogP contribution >= 0.6 is 0 Å². The number of anilines is 2. The van der Waals surface area contributed by atoms with Gasteiger partial charge < -0.3 is 9.47 Å². The molecular weight excluding hydrogens is 492 g/mol. The van der Waals surface area contributed by atoms with E-state index in [9.17, 15) is 21.6 Å². The van der Waals surface area contributed by atoms with E-state index in [2.05, 4.69) is 9.44 Å². The molecule has 0 heterocycles. The van der Waals surface area contributed by atoms with Crippen LogP contribution in [-0.2, 0) is 36.1 Å². The number of hydrogen-bond donors (Lipinski definition) is 2. The molecule has 0 bridgehead atoms. The fourth-order valence-electron chi connectivity index (χ4n) is 3.22. The van der Waals surface area contributed by atoms with E-state index < -0.39 is 26.0 Å². The topological polar surface area (TPSA) is 128 Å². The second kappa shape index (κ2) is 10.5. The Morgan fingerprint density at radius 2 is 1.20 bits per heavy atom. The molecule has 0 aliphatic heterocycles. The summed E-state index contributed by atoms with van der Waals surface area (Å²) in [5.41, 5.74) is 1.87. The lowest BCUT2D eigenvalue weighted by molar-refractivity contribution is 0.0602. The number of hydrogen-bond acceptors (Lipinski definition) is 7. The average Bonchev–Trinajstić information content (AvgIpc) is 2.80. The van der Waals surface area contributed by atoms with Gasteiger partial charge in [0.25, 0.3) is 20.0 Å². The average molecular weight is 519 g/mol. The molecule has 11 heteroatoms. The van der Waals surface area contributed by atoms with E-state index in [0.717, 1.165) is 18.2 Å². The smallest absolute Gasteiger partial charge is 0.340 e. The van der Waals surface area contributed by atoms with Crippen molar-refractivity contribution in [2.45, 2.75) is 30.2 Å². The molecule has 0 atom stereocenters. The second-order valence-electron chi connectivity index (χ2n) is 7.82. The summed E-state index contributed by atoms with van der Waals surface area (Å²) in [6, 6.07) is 15.0. The van der Waals surface area contributed by atoms with Gasteiger partial charge in [-0.2, -0.15) is 0 Å². The van der Waals surface area contributed by atoms with Crippen LogP contribution in [0.1, 0.15) is 27.0 Å². The SMILES string of the molecule is COCc1cc(NS(=O)(=O)c2ccc(C)cc2)c(C(=O)OC)cc1NS(=O)(=O)c1ccc(C)cc1. The molecule has 0 fully saturated rings.